The molecule has 3 rings (SSSR count). The van der Waals surface area contributed by atoms with E-state index in [1.165, 1.54) is 4.90 Å². The van der Waals surface area contributed by atoms with Crippen molar-refractivity contribution in [3.05, 3.63) is 64.9 Å². The fraction of sp³-hybridized carbons (Fsp3) is 0.385. The van der Waals surface area contributed by atoms with Gasteiger partial charge in [0.2, 0.25) is 0 Å². The van der Waals surface area contributed by atoms with Crippen LogP contribution < -0.4 is 10.1 Å². The van der Waals surface area contributed by atoms with E-state index in [2.05, 4.69) is 5.32 Å². The molecule has 1 aliphatic heterocycles. The molecule has 0 atom stereocenters. The van der Waals surface area contributed by atoms with Crippen LogP contribution in [0.15, 0.2) is 48.2 Å². The molecule has 32 heavy (non-hydrogen) atoms. The first-order chi connectivity index (χ1) is 15.3. The molecule has 0 fully saturated rings. The minimum absolute atomic E-state index is 0.0266. The molecule has 0 aliphatic carbocycles. The van der Waals surface area contributed by atoms with Gasteiger partial charge in [-0.05, 0) is 63.4 Å². The number of nitrogens with one attached hydrogen (secondary N) is 1. The Morgan fingerprint density at radius 3 is 2.31 bits per heavy atom. The topological polar surface area (TPSA) is 67.9 Å². The van der Waals surface area contributed by atoms with Crippen molar-refractivity contribution >= 4 is 23.1 Å². The predicted octanol–water partition coefficient (Wildman–Crippen LogP) is 4.71. The second-order valence-electron chi connectivity index (χ2n) is 8.25. The summed E-state index contributed by atoms with van der Waals surface area (Å²) in [6, 6.07) is 13.2. The molecule has 6 heteroatoms. The van der Waals surface area contributed by atoms with Crippen LogP contribution >= 0.6 is 0 Å². The zero-order valence-electron chi connectivity index (χ0n) is 19.5. The number of carbonyl (C=O) groups is 2. The smallest absolute Gasteiger partial charge is 0.278 e. The molecule has 2 aromatic rings. The number of hydrogen-bond acceptors (Lipinski definition) is 5. The number of imide groups is 1. The largest absolute Gasteiger partial charge is 0.494 e. The van der Waals surface area contributed by atoms with Crippen LogP contribution in [-0.2, 0) is 14.3 Å². The highest BCUT2D eigenvalue weighted by Gasteiger charge is 2.39. The van der Waals surface area contributed by atoms with E-state index >= 15 is 0 Å². The molecule has 1 N–H and O–H groups in total. The van der Waals surface area contributed by atoms with Gasteiger partial charge < -0.3 is 14.8 Å². The first kappa shape index (κ1) is 23.5. The van der Waals surface area contributed by atoms with Crippen LogP contribution in [0.3, 0.4) is 0 Å². The third-order valence-electron chi connectivity index (χ3n) is 5.19. The summed E-state index contributed by atoms with van der Waals surface area (Å²) in [5.41, 5.74) is 4.25. The van der Waals surface area contributed by atoms with E-state index < -0.39 is 0 Å². The van der Waals surface area contributed by atoms with Crippen LogP contribution in [0.1, 0.15) is 43.9 Å². The molecule has 0 spiro atoms. The number of ether oxygens (including phenoxy) is 2. The molecule has 1 aliphatic rings. The molecule has 0 saturated carbocycles. The maximum Gasteiger partial charge on any atom is 0.278 e. The molecule has 0 bridgehead atoms. The van der Waals surface area contributed by atoms with Gasteiger partial charge in [0.25, 0.3) is 11.8 Å². The first-order valence-corrected chi connectivity index (χ1v) is 11.1. The highest BCUT2D eigenvalue weighted by Crippen LogP contribution is 2.32. The average molecular weight is 437 g/mol. The highest BCUT2D eigenvalue weighted by molar-refractivity contribution is 6.36. The summed E-state index contributed by atoms with van der Waals surface area (Å²) in [4.78, 5) is 27.8. The lowest BCUT2D eigenvalue weighted by Crippen LogP contribution is -2.35. The predicted molar refractivity (Wildman–Crippen MR) is 126 cm³/mol. The van der Waals surface area contributed by atoms with Gasteiger partial charge in [-0.2, -0.15) is 0 Å². The number of anilines is 1. The standard InChI is InChI=1S/C26H32N2O4/c1-6-14-32-21-10-8-20(9-11-21)23-24(27-22-12-7-18(4)16-19(22)5)26(30)28(25(23)29)13-15-31-17(2)3/h7-12,16-17,27H,6,13-15H2,1-5H3. The molecule has 0 unspecified atom stereocenters. The lowest BCUT2D eigenvalue weighted by Gasteiger charge is -2.17. The first-order valence-electron chi connectivity index (χ1n) is 11.1. The van der Waals surface area contributed by atoms with Crippen LogP contribution in [0.4, 0.5) is 5.69 Å². The van der Waals surface area contributed by atoms with Gasteiger partial charge in [0, 0.05) is 5.69 Å². The highest BCUT2D eigenvalue weighted by atomic mass is 16.5. The Morgan fingerprint density at radius 2 is 1.69 bits per heavy atom. The molecule has 2 aromatic carbocycles. The molecule has 0 saturated heterocycles. The van der Waals surface area contributed by atoms with Crippen LogP contribution in [0.25, 0.3) is 5.57 Å². The van der Waals surface area contributed by atoms with Gasteiger partial charge >= 0.3 is 0 Å². The molecule has 2 amide bonds. The van der Waals surface area contributed by atoms with Crippen molar-refractivity contribution in [3.63, 3.8) is 0 Å². The minimum Gasteiger partial charge on any atom is -0.494 e. The van der Waals surface area contributed by atoms with Crippen LogP contribution in [0.5, 0.6) is 5.75 Å². The normalized spacial score (nSPS) is 14.0. The van der Waals surface area contributed by atoms with Crippen molar-refractivity contribution in [2.45, 2.75) is 47.1 Å². The van der Waals surface area contributed by atoms with Gasteiger partial charge in [-0.3, -0.25) is 14.5 Å². The van der Waals surface area contributed by atoms with Gasteiger partial charge in [0.05, 0.1) is 31.4 Å². The third kappa shape index (κ3) is 5.37. The molecule has 170 valence electrons. The Hall–Kier alpha value is -3.12. The number of amides is 2. The fourth-order valence-corrected chi connectivity index (χ4v) is 3.57. The van der Waals surface area contributed by atoms with Crippen molar-refractivity contribution in [3.8, 4) is 5.75 Å². The Kier molecular flexibility index (Phi) is 7.70. The molecular weight excluding hydrogens is 404 g/mol. The van der Waals surface area contributed by atoms with Crippen LogP contribution in [0, 0.1) is 13.8 Å². The van der Waals surface area contributed by atoms with Gasteiger partial charge in [0.15, 0.2) is 0 Å². The third-order valence-corrected chi connectivity index (χ3v) is 5.19. The molecule has 0 aromatic heterocycles. The van der Waals surface area contributed by atoms with E-state index in [4.69, 9.17) is 9.47 Å². The summed E-state index contributed by atoms with van der Waals surface area (Å²) in [7, 11) is 0. The summed E-state index contributed by atoms with van der Waals surface area (Å²) in [5, 5.41) is 3.24. The van der Waals surface area contributed by atoms with Gasteiger partial charge in [0.1, 0.15) is 11.4 Å². The van der Waals surface area contributed by atoms with E-state index in [0.717, 1.165) is 29.0 Å². The summed E-state index contributed by atoms with van der Waals surface area (Å²) < 4.78 is 11.2. The second-order valence-corrected chi connectivity index (χ2v) is 8.25. The molecule has 1 heterocycles. The molecule has 0 radical (unpaired) electrons. The van der Waals surface area contributed by atoms with E-state index in [-0.39, 0.29) is 30.2 Å². The number of aryl methyl sites for hydroxylation is 2. The van der Waals surface area contributed by atoms with E-state index in [1.54, 1.807) is 0 Å². The quantitative estimate of drug-likeness (QED) is 0.547. The average Bonchev–Trinajstić information content (AvgIpc) is 2.98. The minimum atomic E-state index is -0.344. The molecule has 6 nitrogen and oxygen atoms in total. The maximum absolute atomic E-state index is 13.3. The van der Waals surface area contributed by atoms with Crippen molar-refractivity contribution in [2.75, 3.05) is 25.1 Å². The molecular formula is C26H32N2O4. The van der Waals surface area contributed by atoms with Crippen LogP contribution in [-0.4, -0.2) is 42.6 Å². The summed E-state index contributed by atoms with van der Waals surface area (Å²) >= 11 is 0. The Labute approximate surface area is 190 Å². The number of hydrogen-bond donors (Lipinski definition) is 1. The second kappa shape index (κ2) is 10.5. The Morgan fingerprint density at radius 1 is 0.969 bits per heavy atom. The van der Waals surface area contributed by atoms with Crippen molar-refractivity contribution in [1.82, 2.24) is 4.90 Å². The SMILES string of the molecule is CCCOc1ccc(C2=C(Nc3ccc(C)cc3C)C(=O)N(CCOC(C)C)C2=O)cc1. The van der Waals surface area contributed by atoms with Crippen molar-refractivity contribution in [2.24, 2.45) is 0 Å². The van der Waals surface area contributed by atoms with E-state index in [0.29, 0.717) is 24.4 Å². The number of carbonyl (C=O) groups excluding carboxylic acids is 2. The monoisotopic (exact) mass is 436 g/mol. The van der Waals surface area contributed by atoms with E-state index in [9.17, 15) is 9.59 Å². The maximum atomic E-state index is 13.3. The van der Waals surface area contributed by atoms with Crippen molar-refractivity contribution in [1.29, 1.82) is 0 Å². The summed E-state index contributed by atoms with van der Waals surface area (Å²) in [6.45, 7) is 11.0. The van der Waals surface area contributed by atoms with E-state index in [1.807, 2.05) is 77.1 Å². The van der Waals surface area contributed by atoms with Crippen LogP contribution in [0.2, 0.25) is 0 Å². The summed E-state index contributed by atoms with van der Waals surface area (Å²) in [6.07, 6.45) is 0.941. The Balaban J connectivity index is 1.95. The summed E-state index contributed by atoms with van der Waals surface area (Å²) in [5.74, 6) is 0.0690. The van der Waals surface area contributed by atoms with Gasteiger partial charge in [-0.1, -0.05) is 36.8 Å². The van der Waals surface area contributed by atoms with Gasteiger partial charge in [-0.25, -0.2) is 0 Å². The van der Waals surface area contributed by atoms with Crippen molar-refractivity contribution < 1.29 is 19.1 Å². The number of rotatable bonds is 10. The zero-order chi connectivity index (χ0) is 23.3. The number of nitrogens with zero attached hydrogens (tertiary/aromatic N) is 1. The lowest BCUT2D eigenvalue weighted by molar-refractivity contribution is -0.137. The lowest BCUT2D eigenvalue weighted by atomic mass is 10.0. The fourth-order valence-electron chi connectivity index (χ4n) is 3.57. The number of benzene rings is 2. The zero-order valence-corrected chi connectivity index (χ0v) is 19.5. The Bertz CT molecular complexity index is 1010. The van der Waals surface area contributed by atoms with Gasteiger partial charge in [-0.15, -0.1) is 0 Å².